The predicted molar refractivity (Wildman–Crippen MR) is 91.0 cm³/mol. The van der Waals surface area contributed by atoms with Gasteiger partial charge in [0, 0.05) is 25.1 Å². The van der Waals surface area contributed by atoms with Crippen LogP contribution in [-0.4, -0.2) is 25.8 Å². The Morgan fingerprint density at radius 2 is 1.68 bits per heavy atom. The molecule has 0 aromatic heterocycles. The Morgan fingerprint density at radius 1 is 1.09 bits per heavy atom. The minimum Gasteiger partial charge on any atom is -0.378 e. The summed E-state index contributed by atoms with van der Waals surface area (Å²) in [5, 5.41) is 11.1. The highest BCUT2D eigenvalue weighted by molar-refractivity contribution is 7.67. The highest BCUT2D eigenvalue weighted by Crippen LogP contribution is 2.57. The first-order chi connectivity index (χ1) is 10.5. The molecule has 0 heterocycles. The normalized spacial score (nSPS) is 15.1. The van der Waals surface area contributed by atoms with Crippen LogP contribution in [0.25, 0.3) is 0 Å². The van der Waals surface area contributed by atoms with Crippen LogP contribution in [-0.2, 0) is 9.09 Å². The first kappa shape index (κ1) is 16.8. The van der Waals surface area contributed by atoms with Crippen molar-refractivity contribution in [3.05, 3.63) is 60.2 Å². The summed E-state index contributed by atoms with van der Waals surface area (Å²) < 4.78 is 18.8. The molecule has 5 heteroatoms. The smallest absolute Gasteiger partial charge is 0.264 e. The van der Waals surface area contributed by atoms with Crippen LogP contribution in [0, 0.1) is 0 Å². The second-order valence-corrected chi connectivity index (χ2v) is 7.67. The molecule has 0 spiro atoms. The van der Waals surface area contributed by atoms with E-state index in [2.05, 4.69) is 0 Å². The van der Waals surface area contributed by atoms with E-state index in [-0.39, 0.29) is 6.61 Å². The summed E-state index contributed by atoms with van der Waals surface area (Å²) in [6, 6.07) is 16.3. The second kappa shape index (κ2) is 7.10. The zero-order chi connectivity index (χ0) is 16.2. The predicted octanol–water partition coefficient (Wildman–Crippen LogP) is 3.38. The molecule has 0 bridgehead atoms. The van der Waals surface area contributed by atoms with E-state index in [0.717, 1.165) is 5.69 Å². The topological polar surface area (TPSA) is 49.8 Å². The number of aliphatic hydroxyl groups is 1. The van der Waals surface area contributed by atoms with E-state index in [1.807, 2.05) is 49.3 Å². The van der Waals surface area contributed by atoms with Crippen LogP contribution in [0.1, 0.15) is 18.3 Å². The summed E-state index contributed by atoms with van der Waals surface area (Å²) in [4.78, 5) is 1.96. The van der Waals surface area contributed by atoms with Gasteiger partial charge >= 0.3 is 0 Å². The minimum absolute atomic E-state index is 0.274. The SMILES string of the molecule is CCO[P@](=O)(c1ccc(N(C)C)cc1)[C@@H](O)c1ccccc1. The van der Waals surface area contributed by atoms with Crippen molar-refractivity contribution in [1.29, 1.82) is 0 Å². The summed E-state index contributed by atoms with van der Waals surface area (Å²) in [6.07, 6.45) is 0. The molecule has 0 amide bonds. The molecule has 0 radical (unpaired) electrons. The molecule has 2 atom stereocenters. The van der Waals surface area contributed by atoms with Crippen LogP contribution in [0.4, 0.5) is 5.69 Å². The van der Waals surface area contributed by atoms with Crippen LogP contribution < -0.4 is 10.2 Å². The standard InChI is InChI=1S/C17H22NO3P/c1-4-21-22(20,17(19)14-8-6-5-7-9-14)16-12-10-15(11-13-16)18(2)3/h5-13,17,19H,4H2,1-3H3/t17-,22-/m1/s1. The molecule has 4 nitrogen and oxygen atoms in total. The first-order valence-corrected chi connectivity index (χ1v) is 8.93. The van der Waals surface area contributed by atoms with Gasteiger partial charge in [0.15, 0.2) is 5.85 Å². The lowest BCUT2D eigenvalue weighted by atomic mass is 10.2. The zero-order valence-electron chi connectivity index (χ0n) is 13.1. The van der Waals surface area contributed by atoms with Gasteiger partial charge in [-0.2, -0.15) is 0 Å². The van der Waals surface area contributed by atoms with Crippen LogP contribution in [0.3, 0.4) is 0 Å². The molecule has 118 valence electrons. The summed E-state index contributed by atoms with van der Waals surface area (Å²) >= 11 is 0. The molecule has 2 rings (SSSR count). The van der Waals surface area contributed by atoms with E-state index in [1.165, 1.54) is 0 Å². The Balaban J connectivity index is 2.41. The van der Waals surface area contributed by atoms with Gasteiger partial charge in [0.25, 0.3) is 7.37 Å². The van der Waals surface area contributed by atoms with E-state index in [9.17, 15) is 9.67 Å². The van der Waals surface area contributed by atoms with E-state index >= 15 is 0 Å². The Hall–Kier alpha value is -1.61. The van der Waals surface area contributed by atoms with Crippen molar-refractivity contribution < 1.29 is 14.2 Å². The molecule has 22 heavy (non-hydrogen) atoms. The Bertz CT molecular complexity index is 641. The molecule has 2 aromatic carbocycles. The number of anilines is 1. The summed E-state index contributed by atoms with van der Waals surface area (Å²) in [6.45, 7) is 2.05. The highest BCUT2D eigenvalue weighted by atomic mass is 31.2. The second-order valence-electron chi connectivity index (χ2n) is 5.21. The first-order valence-electron chi connectivity index (χ1n) is 7.24. The van der Waals surface area contributed by atoms with Gasteiger partial charge in [0.05, 0.1) is 6.61 Å². The molecule has 0 unspecified atom stereocenters. The third kappa shape index (κ3) is 3.41. The third-order valence-electron chi connectivity index (χ3n) is 3.47. The van der Waals surface area contributed by atoms with Gasteiger partial charge in [-0.1, -0.05) is 30.3 Å². The Kier molecular flexibility index (Phi) is 5.41. The van der Waals surface area contributed by atoms with E-state index in [0.29, 0.717) is 10.9 Å². The molecule has 0 aliphatic carbocycles. The van der Waals surface area contributed by atoms with Crippen molar-refractivity contribution in [2.75, 3.05) is 25.6 Å². The fourth-order valence-electron chi connectivity index (χ4n) is 2.26. The Morgan fingerprint density at radius 3 is 2.18 bits per heavy atom. The average molecular weight is 319 g/mol. The van der Waals surface area contributed by atoms with Gasteiger partial charge in [0.1, 0.15) is 0 Å². The van der Waals surface area contributed by atoms with E-state index in [1.54, 1.807) is 31.2 Å². The van der Waals surface area contributed by atoms with Gasteiger partial charge in [0.2, 0.25) is 0 Å². The number of benzene rings is 2. The molecule has 0 fully saturated rings. The van der Waals surface area contributed by atoms with Gasteiger partial charge < -0.3 is 14.5 Å². The lowest BCUT2D eigenvalue weighted by Crippen LogP contribution is -2.16. The minimum atomic E-state index is -3.40. The van der Waals surface area contributed by atoms with Gasteiger partial charge in [-0.25, -0.2) is 0 Å². The fourth-order valence-corrected chi connectivity index (χ4v) is 4.34. The zero-order valence-corrected chi connectivity index (χ0v) is 14.0. The Labute approximate surface area is 131 Å². The summed E-state index contributed by atoms with van der Waals surface area (Å²) in [5.41, 5.74) is 1.59. The molecule has 0 saturated carbocycles. The maximum absolute atomic E-state index is 13.3. The van der Waals surface area contributed by atoms with Crippen molar-refractivity contribution >= 4 is 18.4 Å². The lowest BCUT2D eigenvalue weighted by molar-refractivity contribution is 0.218. The van der Waals surface area contributed by atoms with Crippen LogP contribution in [0.5, 0.6) is 0 Å². The van der Waals surface area contributed by atoms with E-state index < -0.39 is 13.2 Å². The average Bonchev–Trinajstić information content (AvgIpc) is 2.55. The number of rotatable bonds is 6. The fraction of sp³-hybridized carbons (Fsp3) is 0.294. The molecular weight excluding hydrogens is 297 g/mol. The molecule has 1 N–H and O–H groups in total. The van der Waals surface area contributed by atoms with Crippen LogP contribution in [0.2, 0.25) is 0 Å². The van der Waals surface area contributed by atoms with Gasteiger partial charge in [-0.15, -0.1) is 0 Å². The molecule has 0 aliphatic heterocycles. The third-order valence-corrected chi connectivity index (χ3v) is 6.07. The van der Waals surface area contributed by atoms with Gasteiger partial charge in [-0.05, 0) is 36.8 Å². The summed E-state index contributed by atoms with van der Waals surface area (Å²) in [5.74, 6) is -1.17. The number of aliphatic hydroxyl groups excluding tert-OH is 1. The molecule has 0 saturated heterocycles. The highest BCUT2D eigenvalue weighted by Gasteiger charge is 2.35. The molecule has 0 aliphatic rings. The quantitative estimate of drug-likeness (QED) is 0.829. The van der Waals surface area contributed by atoms with Crippen LogP contribution >= 0.6 is 7.37 Å². The molecular formula is C17H22NO3P. The van der Waals surface area contributed by atoms with E-state index in [4.69, 9.17) is 4.52 Å². The molecule has 2 aromatic rings. The maximum Gasteiger partial charge on any atom is 0.264 e. The maximum atomic E-state index is 13.3. The number of nitrogens with zero attached hydrogens (tertiary/aromatic N) is 1. The van der Waals surface area contributed by atoms with Crippen molar-refractivity contribution in [3.8, 4) is 0 Å². The van der Waals surface area contributed by atoms with Crippen molar-refractivity contribution in [2.24, 2.45) is 0 Å². The van der Waals surface area contributed by atoms with Crippen molar-refractivity contribution in [2.45, 2.75) is 12.8 Å². The lowest BCUT2D eigenvalue weighted by Gasteiger charge is -2.24. The number of hydrogen-bond donors (Lipinski definition) is 1. The van der Waals surface area contributed by atoms with Crippen molar-refractivity contribution in [1.82, 2.24) is 0 Å². The van der Waals surface area contributed by atoms with Crippen LogP contribution in [0.15, 0.2) is 54.6 Å². The van der Waals surface area contributed by atoms with Gasteiger partial charge in [-0.3, -0.25) is 4.57 Å². The monoisotopic (exact) mass is 319 g/mol. The van der Waals surface area contributed by atoms with Crippen molar-refractivity contribution in [3.63, 3.8) is 0 Å². The largest absolute Gasteiger partial charge is 0.378 e. The number of hydrogen-bond acceptors (Lipinski definition) is 4. The summed E-state index contributed by atoms with van der Waals surface area (Å²) in [7, 11) is 0.483.